The maximum Gasteiger partial charge on any atom is 0.243 e. The van der Waals surface area contributed by atoms with E-state index in [9.17, 15) is 13.2 Å². The molecule has 0 aliphatic carbocycles. The first-order valence-electron chi connectivity index (χ1n) is 9.95. The summed E-state index contributed by atoms with van der Waals surface area (Å²) in [6.07, 6.45) is 1.65. The summed E-state index contributed by atoms with van der Waals surface area (Å²) in [7, 11) is -3.46. The van der Waals surface area contributed by atoms with Gasteiger partial charge in [-0.1, -0.05) is 56.6 Å². The molecule has 0 saturated heterocycles. The van der Waals surface area contributed by atoms with Gasteiger partial charge in [-0.25, -0.2) is 8.42 Å². The van der Waals surface area contributed by atoms with E-state index in [2.05, 4.69) is 5.32 Å². The molecule has 2 aromatic rings. The van der Waals surface area contributed by atoms with Gasteiger partial charge in [-0.15, -0.1) is 0 Å². The standard InChI is InChI=1S/C22H29ClN2O3S/c1-4-21(18-8-7-9-19(23)16-18)24-22(26)15-12-17-10-13-20(14-11-17)29(27,28)25(5-2)6-3/h7-11,13-14,16,21H,4-6,12,15H2,1-3H3,(H,24,26). The van der Waals surface area contributed by atoms with Crippen molar-refractivity contribution in [3.8, 4) is 0 Å². The Balaban J connectivity index is 1.96. The number of hydrogen-bond acceptors (Lipinski definition) is 3. The minimum absolute atomic E-state index is 0.0448. The second-order valence-corrected chi connectivity index (χ2v) is 9.19. The van der Waals surface area contributed by atoms with Crippen LogP contribution in [0.3, 0.4) is 0 Å². The third kappa shape index (κ3) is 6.29. The van der Waals surface area contributed by atoms with Crippen molar-refractivity contribution >= 4 is 27.5 Å². The average Bonchev–Trinajstić information content (AvgIpc) is 2.71. The Morgan fingerprint density at radius 2 is 1.72 bits per heavy atom. The van der Waals surface area contributed by atoms with Crippen molar-refractivity contribution < 1.29 is 13.2 Å². The van der Waals surface area contributed by atoms with Crippen molar-refractivity contribution in [2.75, 3.05) is 13.1 Å². The number of amides is 1. The van der Waals surface area contributed by atoms with E-state index in [-0.39, 0.29) is 16.8 Å². The third-order valence-electron chi connectivity index (χ3n) is 4.90. The Labute approximate surface area is 179 Å². The average molecular weight is 437 g/mol. The Morgan fingerprint density at radius 3 is 2.28 bits per heavy atom. The molecule has 0 aliphatic heterocycles. The highest BCUT2D eigenvalue weighted by molar-refractivity contribution is 7.89. The smallest absolute Gasteiger partial charge is 0.243 e. The number of benzene rings is 2. The normalized spacial score (nSPS) is 12.7. The van der Waals surface area contributed by atoms with Gasteiger partial charge in [0.1, 0.15) is 0 Å². The Hall–Kier alpha value is -1.89. The van der Waals surface area contributed by atoms with Crippen molar-refractivity contribution in [1.82, 2.24) is 9.62 Å². The van der Waals surface area contributed by atoms with Crippen LogP contribution >= 0.6 is 11.6 Å². The lowest BCUT2D eigenvalue weighted by molar-refractivity contribution is -0.121. The predicted octanol–water partition coefficient (Wildman–Crippen LogP) is 4.57. The van der Waals surface area contributed by atoms with Gasteiger partial charge < -0.3 is 5.32 Å². The lowest BCUT2D eigenvalue weighted by Crippen LogP contribution is -2.30. The molecule has 1 amide bonds. The lowest BCUT2D eigenvalue weighted by atomic mass is 10.0. The minimum atomic E-state index is -3.46. The third-order valence-corrected chi connectivity index (χ3v) is 7.20. The molecule has 0 saturated carbocycles. The fourth-order valence-corrected chi connectivity index (χ4v) is 4.87. The molecule has 0 bridgehead atoms. The van der Waals surface area contributed by atoms with Crippen molar-refractivity contribution in [2.24, 2.45) is 0 Å². The highest BCUT2D eigenvalue weighted by Gasteiger charge is 2.21. The molecule has 5 nitrogen and oxygen atoms in total. The Kier molecular flexibility index (Phi) is 8.68. The number of rotatable bonds is 10. The zero-order chi connectivity index (χ0) is 21.4. The summed E-state index contributed by atoms with van der Waals surface area (Å²) >= 11 is 6.05. The zero-order valence-electron chi connectivity index (χ0n) is 17.2. The molecule has 0 aliphatic rings. The van der Waals surface area contributed by atoms with E-state index >= 15 is 0 Å². The molecule has 1 unspecified atom stereocenters. The summed E-state index contributed by atoms with van der Waals surface area (Å²) in [4.78, 5) is 12.7. The van der Waals surface area contributed by atoms with Crippen LogP contribution in [0.15, 0.2) is 53.4 Å². The molecule has 0 radical (unpaired) electrons. The number of carbonyl (C=O) groups excluding carboxylic acids is 1. The second kappa shape index (κ2) is 10.8. The highest BCUT2D eigenvalue weighted by Crippen LogP contribution is 2.21. The van der Waals surface area contributed by atoms with E-state index in [4.69, 9.17) is 11.6 Å². The predicted molar refractivity (Wildman–Crippen MR) is 117 cm³/mol. The van der Waals surface area contributed by atoms with Crippen LogP contribution in [0.2, 0.25) is 5.02 Å². The van der Waals surface area contributed by atoms with Crippen LogP contribution in [0, 0.1) is 0 Å². The summed E-state index contributed by atoms with van der Waals surface area (Å²) in [6.45, 7) is 6.53. The van der Waals surface area contributed by atoms with Crippen LogP contribution < -0.4 is 5.32 Å². The van der Waals surface area contributed by atoms with E-state index in [0.717, 1.165) is 17.5 Å². The summed E-state index contributed by atoms with van der Waals surface area (Å²) in [5.74, 6) is -0.0448. The zero-order valence-corrected chi connectivity index (χ0v) is 18.8. The second-order valence-electron chi connectivity index (χ2n) is 6.82. The number of sulfonamides is 1. The summed E-state index contributed by atoms with van der Waals surface area (Å²) in [5, 5.41) is 3.69. The Bertz CT molecular complexity index is 910. The van der Waals surface area contributed by atoms with Gasteiger partial charge in [-0.3, -0.25) is 4.79 Å². The van der Waals surface area contributed by atoms with Crippen LogP contribution in [-0.4, -0.2) is 31.7 Å². The quantitative estimate of drug-likeness (QED) is 0.593. The molecular formula is C22H29ClN2O3S. The van der Waals surface area contributed by atoms with Gasteiger partial charge in [0, 0.05) is 24.5 Å². The fourth-order valence-electron chi connectivity index (χ4n) is 3.21. The summed E-state index contributed by atoms with van der Waals surface area (Å²) < 4.78 is 26.5. The van der Waals surface area contributed by atoms with Crippen LogP contribution in [0.1, 0.15) is 50.8 Å². The number of nitrogens with one attached hydrogen (secondary N) is 1. The number of carbonyl (C=O) groups is 1. The van der Waals surface area contributed by atoms with E-state index in [0.29, 0.717) is 31.0 Å². The molecule has 0 aromatic heterocycles. The molecule has 0 heterocycles. The molecule has 29 heavy (non-hydrogen) atoms. The topological polar surface area (TPSA) is 66.5 Å². The first-order chi connectivity index (χ1) is 13.8. The first-order valence-corrected chi connectivity index (χ1v) is 11.8. The van der Waals surface area contributed by atoms with Gasteiger partial charge in [-0.2, -0.15) is 4.31 Å². The van der Waals surface area contributed by atoms with E-state index in [1.807, 2.05) is 45.0 Å². The maximum absolute atomic E-state index is 12.5. The van der Waals surface area contributed by atoms with E-state index in [1.165, 1.54) is 4.31 Å². The molecule has 2 aromatic carbocycles. The number of nitrogens with zero attached hydrogens (tertiary/aromatic N) is 1. The number of halogens is 1. The van der Waals surface area contributed by atoms with Crippen LogP contribution in [0.4, 0.5) is 0 Å². The van der Waals surface area contributed by atoms with Crippen molar-refractivity contribution in [2.45, 2.75) is 51.0 Å². The van der Waals surface area contributed by atoms with Gasteiger partial charge in [0.25, 0.3) is 0 Å². The van der Waals surface area contributed by atoms with Crippen LogP contribution in [-0.2, 0) is 21.2 Å². The van der Waals surface area contributed by atoms with Crippen LogP contribution in [0.25, 0.3) is 0 Å². The molecular weight excluding hydrogens is 408 g/mol. The van der Waals surface area contributed by atoms with Gasteiger partial charge in [0.15, 0.2) is 0 Å². The molecule has 1 N–H and O–H groups in total. The monoisotopic (exact) mass is 436 g/mol. The van der Waals surface area contributed by atoms with Crippen molar-refractivity contribution in [3.05, 3.63) is 64.7 Å². The Morgan fingerprint density at radius 1 is 1.07 bits per heavy atom. The van der Waals surface area contributed by atoms with Gasteiger partial charge in [0.2, 0.25) is 15.9 Å². The molecule has 2 rings (SSSR count). The molecule has 158 valence electrons. The lowest BCUT2D eigenvalue weighted by Gasteiger charge is -2.19. The number of hydrogen-bond donors (Lipinski definition) is 1. The largest absolute Gasteiger partial charge is 0.349 e. The van der Waals surface area contributed by atoms with Crippen molar-refractivity contribution in [1.29, 1.82) is 0 Å². The van der Waals surface area contributed by atoms with Gasteiger partial charge in [-0.05, 0) is 48.2 Å². The van der Waals surface area contributed by atoms with Crippen molar-refractivity contribution in [3.63, 3.8) is 0 Å². The minimum Gasteiger partial charge on any atom is -0.349 e. The number of aryl methyl sites for hydroxylation is 1. The fraction of sp³-hybridized carbons (Fsp3) is 0.409. The van der Waals surface area contributed by atoms with Crippen LogP contribution in [0.5, 0.6) is 0 Å². The molecule has 1 atom stereocenters. The summed E-state index contributed by atoms with van der Waals surface area (Å²) in [5.41, 5.74) is 1.91. The van der Waals surface area contributed by atoms with Gasteiger partial charge >= 0.3 is 0 Å². The molecule has 0 fully saturated rings. The van der Waals surface area contributed by atoms with E-state index < -0.39 is 10.0 Å². The molecule has 7 heteroatoms. The highest BCUT2D eigenvalue weighted by atomic mass is 35.5. The van der Waals surface area contributed by atoms with Gasteiger partial charge in [0.05, 0.1) is 10.9 Å². The summed E-state index contributed by atoms with van der Waals surface area (Å²) in [6, 6.07) is 14.2. The first kappa shape index (κ1) is 23.4. The maximum atomic E-state index is 12.5. The SMILES string of the molecule is CCC(NC(=O)CCc1ccc(S(=O)(=O)N(CC)CC)cc1)c1cccc(Cl)c1. The van der Waals surface area contributed by atoms with E-state index in [1.54, 1.807) is 24.3 Å². The molecule has 0 spiro atoms.